The molecule has 0 N–H and O–H groups in total. The van der Waals surface area contributed by atoms with E-state index in [2.05, 4.69) is 38.4 Å². The number of hydrogen-bond acceptors (Lipinski definition) is 3. The minimum atomic E-state index is -0.742. The van der Waals surface area contributed by atoms with Crippen LogP contribution in [0, 0.1) is 5.92 Å². The largest absolute Gasteiger partial charge is 0.461 e. The maximum atomic E-state index is 13.7. The number of hydrogen-bond donors (Lipinski definition) is 0. The first-order valence-electron chi connectivity index (χ1n) is 10.8. The lowest BCUT2D eigenvalue weighted by Crippen LogP contribution is -2.60. The standard InChI is InChI=1S/C25H26NO3/c1-24(17-10-6-4-8-15(17)16-9-5-7-11-18(16)24)23(27)28-14-12-19-21-22-25(21,29-22)20(13-14)26(19,2)3/h4-11,14,19-22H,12-13H2,1-3H3/q+1/t14-,19?,20?,21?,22?,25?/m0/s1. The molecular weight excluding hydrogens is 362 g/mol. The highest BCUT2D eigenvalue weighted by Gasteiger charge is 2.97. The van der Waals surface area contributed by atoms with Crippen LogP contribution in [0.5, 0.6) is 0 Å². The van der Waals surface area contributed by atoms with Crippen molar-refractivity contribution >= 4 is 5.97 Å². The number of likely N-dealkylation sites (N-methyl/N-ethyl adjacent to an activating group) is 1. The maximum Gasteiger partial charge on any atom is 0.321 e. The van der Waals surface area contributed by atoms with Gasteiger partial charge < -0.3 is 14.0 Å². The van der Waals surface area contributed by atoms with Gasteiger partial charge in [0, 0.05) is 12.8 Å². The number of carbonyl (C=O) groups is 1. The van der Waals surface area contributed by atoms with Gasteiger partial charge in [0.15, 0.2) is 5.60 Å². The average molecular weight is 388 g/mol. The second-order valence-electron chi connectivity index (χ2n) is 10.3. The second kappa shape index (κ2) is 4.76. The summed E-state index contributed by atoms with van der Waals surface area (Å²) < 4.78 is 13.3. The quantitative estimate of drug-likeness (QED) is 0.450. The fourth-order valence-corrected chi connectivity index (χ4v) is 7.33. The molecule has 4 nitrogen and oxygen atoms in total. The molecule has 1 saturated carbocycles. The number of fused-ring (bicyclic) bond motifs is 7. The van der Waals surface area contributed by atoms with E-state index in [-0.39, 0.29) is 17.7 Å². The van der Waals surface area contributed by atoms with E-state index in [4.69, 9.17) is 9.47 Å². The average Bonchev–Trinajstić information content (AvgIpc) is 3.56. The Labute approximate surface area is 171 Å². The molecule has 4 fully saturated rings. The molecular formula is C25H26NO3+. The van der Waals surface area contributed by atoms with E-state index in [1.165, 1.54) is 0 Å². The summed E-state index contributed by atoms with van der Waals surface area (Å²) in [4.78, 5) is 13.7. The van der Waals surface area contributed by atoms with Crippen molar-refractivity contribution in [3.05, 3.63) is 59.7 Å². The predicted octanol–water partition coefficient (Wildman–Crippen LogP) is 3.27. The number of epoxide rings is 1. The Bertz CT molecular complexity index is 1050. The minimum absolute atomic E-state index is 0.00701. The molecule has 6 atom stereocenters. The molecule has 148 valence electrons. The molecule has 1 spiro atoms. The summed E-state index contributed by atoms with van der Waals surface area (Å²) in [5, 5.41) is 0. The minimum Gasteiger partial charge on any atom is -0.461 e. The van der Waals surface area contributed by atoms with E-state index in [1.54, 1.807) is 0 Å². The maximum absolute atomic E-state index is 13.7. The van der Waals surface area contributed by atoms with Crippen LogP contribution in [0.4, 0.5) is 0 Å². The molecule has 3 heterocycles. The van der Waals surface area contributed by atoms with Gasteiger partial charge in [-0.15, -0.1) is 0 Å². The van der Waals surface area contributed by atoms with Crippen LogP contribution in [0.15, 0.2) is 48.5 Å². The lowest BCUT2D eigenvalue weighted by Gasteiger charge is -2.45. The molecule has 5 aliphatic rings. The van der Waals surface area contributed by atoms with Gasteiger partial charge in [0.2, 0.25) is 0 Å². The van der Waals surface area contributed by atoms with Gasteiger partial charge in [-0.25, -0.2) is 0 Å². The summed E-state index contributed by atoms with van der Waals surface area (Å²) in [7, 11) is 4.66. The first-order chi connectivity index (χ1) is 13.9. The van der Waals surface area contributed by atoms with Crippen molar-refractivity contribution in [2.45, 2.75) is 55.1 Å². The van der Waals surface area contributed by atoms with Gasteiger partial charge in [-0.05, 0) is 29.2 Å². The SMILES string of the molecule is CC1(C(=O)O[C@H]2CC3C4C5OC54C(C2)[N+]3(C)C)c2ccccc2-c2ccccc21. The Hall–Kier alpha value is -2.17. The highest BCUT2D eigenvalue weighted by molar-refractivity contribution is 5.97. The number of nitrogens with zero attached hydrogens (tertiary/aromatic N) is 1. The summed E-state index contributed by atoms with van der Waals surface area (Å²) in [5.74, 6) is 0.584. The molecule has 2 aliphatic carbocycles. The van der Waals surface area contributed by atoms with E-state index in [1.807, 2.05) is 31.2 Å². The smallest absolute Gasteiger partial charge is 0.321 e. The van der Waals surface area contributed by atoms with Crippen molar-refractivity contribution in [3.8, 4) is 11.1 Å². The van der Waals surface area contributed by atoms with E-state index in [0.717, 1.165) is 39.6 Å². The zero-order chi connectivity index (χ0) is 19.8. The molecule has 7 rings (SSSR count). The van der Waals surface area contributed by atoms with Crippen molar-refractivity contribution < 1.29 is 18.8 Å². The second-order valence-corrected chi connectivity index (χ2v) is 10.3. The number of carbonyl (C=O) groups excluding carboxylic acids is 1. The van der Waals surface area contributed by atoms with Gasteiger partial charge in [0.05, 0.1) is 20.0 Å². The molecule has 2 aromatic carbocycles. The topological polar surface area (TPSA) is 38.8 Å². The predicted molar refractivity (Wildman–Crippen MR) is 108 cm³/mol. The van der Waals surface area contributed by atoms with Crippen LogP contribution in [0.1, 0.15) is 30.9 Å². The van der Waals surface area contributed by atoms with Crippen LogP contribution in [-0.2, 0) is 19.7 Å². The van der Waals surface area contributed by atoms with Crippen LogP contribution in [-0.4, -0.2) is 54.4 Å². The Morgan fingerprint density at radius 2 is 1.66 bits per heavy atom. The lowest BCUT2D eigenvalue weighted by atomic mass is 9.80. The molecule has 0 aromatic heterocycles. The van der Waals surface area contributed by atoms with Gasteiger partial charge in [0.25, 0.3) is 0 Å². The van der Waals surface area contributed by atoms with Crippen molar-refractivity contribution in [2.24, 2.45) is 5.92 Å². The van der Waals surface area contributed by atoms with Gasteiger partial charge >= 0.3 is 5.97 Å². The third-order valence-corrected chi connectivity index (χ3v) is 8.94. The fourth-order valence-electron chi connectivity index (χ4n) is 7.33. The monoisotopic (exact) mass is 388 g/mol. The Kier molecular flexibility index (Phi) is 2.73. The first kappa shape index (κ1) is 16.6. The molecule has 5 unspecified atom stereocenters. The molecule has 2 bridgehead atoms. The number of ether oxygens (including phenoxy) is 2. The van der Waals surface area contributed by atoms with Crippen molar-refractivity contribution in [3.63, 3.8) is 0 Å². The Balaban J connectivity index is 1.22. The van der Waals surface area contributed by atoms with E-state index in [9.17, 15) is 4.79 Å². The normalized spacial score (nSPS) is 40.3. The molecule has 29 heavy (non-hydrogen) atoms. The molecule has 3 aliphatic heterocycles. The van der Waals surface area contributed by atoms with E-state index in [0.29, 0.717) is 24.1 Å². The summed E-state index contributed by atoms with van der Waals surface area (Å²) >= 11 is 0. The van der Waals surface area contributed by atoms with Crippen LogP contribution in [0.25, 0.3) is 11.1 Å². The molecule has 3 saturated heterocycles. The third kappa shape index (κ3) is 1.70. The van der Waals surface area contributed by atoms with Crippen LogP contribution < -0.4 is 0 Å². The first-order valence-corrected chi connectivity index (χ1v) is 10.8. The van der Waals surface area contributed by atoms with Crippen LogP contribution in [0.2, 0.25) is 0 Å². The summed E-state index contributed by atoms with van der Waals surface area (Å²) in [5.41, 5.74) is 3.82. The van der Waals surface area contributed by atoms with E-state index < -0.39 is 5.41 Å². The molecule has 0 radical (unpaired) electrons. The highest BCUT2D eigenvalue weighted by atomic mass is 16.7. The fraction of sp³-hybridized carbons (Fsp3) is 0.480. The molecule has 4 heteroatoms. The van der Waals surface area contributed by atoms with Gasteiger partial charge in [-0.3, -0.25) is 4.79 Å². The molecule has 0 amide bonds. The third-order valence-electron chi connectivity index (χ3n) is 8.94. The lowest BCUT2D eigenvalue weighted by molar-refractivity contribution is -0.936. The Morgan fingerprint density at radius 1 is 1.03 bits per heavy atom. The van der Waals surface area contributed by atoms with E-state index >= 15 is 0 Å². The number of benzene rings is 2. The van der Waals surface area contributed by atoms with Crippen molar-refractivity contribution in [2.75, 3.05) is 14.1 Å². The Morgan fingerprint density at radius 3 is 2.24 bits per heavy atom. The number of piperidine rings is 2. The van der Waals surface area contributed by atoms with Crippen molar-refractivity contribution in [1.82, 2.24) is 0 Å². The summed E-state index contributed by atoms with van der Waals surface area (Å²) in [6.07, 6.45) is 2.38. The number of rotatable bonds is 2. The van der Waals surface area contributed by atoms with Crippen LogP contribution >= 0.6 is 0 Å². The van der Waals surface area contributed by atoms with Crippen molar-refractivity contribution in [1.29, 1.82) is 0 Å². The highest BCUT2D eigenvalue weighted by Crippen LogP contribution is 2.77. The van der Waals surface area contributed by atoms with Gasteiger partial charge in [-0.2, -0.15) is 0 Å². The summed E-state index contributed by atoms with van der Waals surface area (Å²) in [6.45, 7) is 2.04. The zero-order valence-electron chi connectivity index (χ0n) is 17.1. The van der Waals surface area contributed by atoms with Gasteiger partial charge in [-0.1, -0.05) is 48.5 Å². The molecule has 2 aromatic rings. The number of esters is 1. The van der Waals surface area contributed by atoms with Gasteiger partial charge in [0.1, 0.15) is 29.7 Å². The number of quaternary nitrogens is 1. The summed E-state index contributed by atoms with van der Waals surface area (Å²) in [6, 6.07) is 17.5. The zero-order valence-corrected chi connectivity index (χ0v) is 17.1. The van der Waals surface area contributed by atoms with Crippen LogP contribution in [0.3, 0.4) is 0 Å².